The van der Waals surface area contributed by atoms with Gasteiger partial charge in [-0.25, -0.2) is 14.0 Å². The number of nitrogens with one attached hydrogen (secondary N) is 2. The molecule has 0 saturated carbocycles. The van der Waals surface area contributed by atoms with Gasteiger partial charge in [0.2, 0.25) is 0 Å². The Morgan fingerprint density at radius 3 is 2.63 bits per heavy atom. The largest absolute Gasteiger partial charge is 0.479 e. The van der Waals surface area contributed by atoms with Crippen molar-refractivity contribution in [2.24, 2.45) is 0 Å². The van der Waals surface area contributed by atoms with Crippen LogP contribution in [0.15, 0.2) is 18.2 Å². The van der Waals surface area contributed by atoms with Gasteiger partial charge in [0, 0.05) is 18.7 Å². The summed E-state index contributed by atoms with van der Waals surface area (Å²) in [6.45, 7) is 1.68. The average Bonchev–Trinajstić information content (AvgIpc) is 2.26. The molecule has 1 aromatic rings. The van der Waals surface area contributed by atoms with Crippen LogP contribution >= 0.6 is 0 Å². The number of anilines is 1. The molecule has 104 valence electrons. The molecule has 0 aliphatic heterocycles. The van der Waals surface area contributed by atoms with Crippen molar-refractivity contribution in [3.05, 3.63) is 29.6 Å². The minimum absolute atomic E-state index is 0.00635. The molecule has 0 heterocycles. The van der Waals surface area contributed by atoms with E-state index in [0.29, 0.717) is 11.3 Å². The van der Waals surface area contributed by atoms with E-state index in [1.165, 1.54) is 12.1 Å². The molecule has 2 amide bonds. The third kappa shape index (κ3) is 5.35. The zero-order chi connectivity index (χ0) is 14.4. The van der Waals surface area contributed by atoms with Gasteiger partial charge in [-0.05, 0) is 30.7 Å². The Kier molecular flexibility index (Phi) is 5.25. The first kappa shape index (κ1) is 14.9. The van der Waals surface area contributed by atoms with E-state index in [1.807, 2.05) is 0 Å². The van der Waals surface area contributed by atoms with Crippen LogP contribution in [-0.4, -0.2) is 34.9 Å². The molecule has 4 N–H and O–H groups in total. The number of aryl methyl sites for hydroxylation is 1. The molecule has 1 unspecified atom stereocenters. The molecule has 0 aromatic heterocycles. The van der Waals surface area contributed by atoms with Crippen LogP contribution in [0.5, 0.6) is 0 Å². The van der Waals surface area contributed by atoms with Gasteiger partial charge in [-0.3, -0.25) is 0 Å². The molecule has 0 bridgehead atoms. The lowest BCUT2D eigenvalue weighted by Crippen LogP contribution is -2.33. The smallest absolute Gasteiger partial charge is 0.332 e. The van der Waals surface area contributed by atoms with E-state index in [9.17, 15) is 14.0 Å². The van der Waals surface area contributed by atoms with Crippen molar-refractivity contribution >= 4 is 17.7 Å². The number of hydrogen-bond acceptors (Lipinski definition) is 3. The maximum absolute atomic E-state index is 13.1. The zero-order valence-electron chi connectivity index (χ0n) is 10.3. The van der Waals surface area contributed by atoms with Crippen molar-refractivity contribution in [3.63, 3.8) is 0 Å². The molecular formula is C12H15FN2O4. The van der Waals surface area contributed by atoms with Crippen molar-refractivity contribution in [1.29, 1.82) is 0 Å². The van der Waals surface area contributed by atoms with E-state index in [0.717, 1.165) is 0 Å². The third-order valence-corrected chi connectivity index (χ3v) is 2.29. The highest BCUT2D eigenvalue weighted by Gasteiger charge is 2.12. The summed E-state index contributed by atoms with van der Waals surface area (Å²) in [5.41, 5.74) is 0.963. The third-order valence-electron chi connectivity index (χ3n) is 2.29. The number of halogens is 1. The number of carboxylic acids is 1. The molecule has 0 spiro atoms. The maximum atomic E-state index is 13.1. The molecule has 0 aliphatic rings. The first-order chi connectivity index (χ1) is 8.88. The number of hydrogen-bond donors (Lipinski definition) is 4. The summed E-state index contributed by atoms with van der Waals surface area (Å²) in [5.74, 6) is -1.81. The van der Waals surface area contributed by atoms with Gasteiger partial charge in [-0.2, -0.15) is 0 Å². The lowest BCUT2D eigenvalue weighted by Gasteiger charge is -2.09. The summed E-state index contributed by atoms with van der Waals surface area (Å²) in [4.78, 5) is 21.7. The van der Waals surface area contributed by atoms with Crippen LogP contribution in [0.2, 0.25) is 0 Å². The van der Waals surface area contributed by atoms with E-state index < -0.39 is 23.9 Å². The fourth-order valence-electron chi connectivity index (χ4n) is 1.43. The van der Waals surface area contributed by atoms with Crippen molar-refractivity contribution in [1.82, 2.24) is 5.32 Å². The Morgan fingerprint density at radius 2 is 2.05 bits per heavy atom. The number of urea groups is 1. The number of aliphatic carboxylic acids is 1. The number of amides is 2. The van der Waals surface area contributed by atoms with Crippen LogP contribution < -0.4 is 10.6 Å². The molecule has 1 atom stereocenters. The lowest BCUT2D eigenvalue weighted by molar-refractivity contribution is -0.146. The number of aliphatic hydroxyl groups excluding tert-OH is 1. The number of carbonyl (C=O) groups is 2. The predicted octanol–water partition coefficient (Wildman–Crippen LogP) is 1.09. The van der Waals surface area contributed by atoms with Gasteiger partial charge in [-0.15, -0.1) is 0 Å². The Balaban J connectivity index is 2.41. The summed E-state index contributed by atoms with van der Waals surface area (Å²) in [5, 5.41) is 22.2. The second-order valence-corrected chi connectivity index (χ2v) is 4.04. The Morgan fingerprint density at radius 1 is 1.37 bits per heavy atom. The van der Waals surface area contributed by atoms with Gasteiger partial charge in [0.05, 0.1) is 0 Å². The summed E-state index contributed by atoms with van der Waals surface area (Å²) < 4.78 is 13.1. The van der Waals surface area contributed by atoms with Crippen molar-refractivity contribution in [3.8, 4) is 0 Å². The normalized spacial score (nSPS) is 11.7. The van der Waals surface area contributed by atoms with Gasteiger partial charge in [-0.1, -0.05) is 0 Å². The quantitative estimate of drug-likeness (QED) is 0.643. The van der Waals surface area contributed by atoms with Crippen LogP contribution in [0.25, 0.3) is 0 Å². The van der Waals surface area contributed by atoms with E-state index in [2.05, 4.69) is 10.6 Å². The molecule has 0 aliphatic carbocycles. The molecule has 6 nitrogen and oxygen atoms in total. The molecule has 7 heteroatoms. The fourth-order valence-corrected chi connectivity index (χ4v) is 1.43. The van der Waals surface area contributed by atoms with Gasteiger partial charge >= 0.3 is 12.0 Å². The summed E-state index contributed by atoms with van der Waals surface area (Å²) in [6, 6.07) is 3.49. The van der Waals surface area contributed by atoms with Crippen LogP contribution in [0.3, 0.4) is 0 Å². The highest BCUT2D eigenvalue weighted by molar-refractivity contribution is 5.89. The summed E-state index contributed by atoms with van der Waals surface area (Å²) in [7, 11) is 0. The second-order valence-electron chi connectivity index (χ2n) is 4.04. The zero-order valence-corrected chi connectivity index (χ0v) is 10.3. The van der Waals surface area contributed by atoms with Crippen LogP contribution in [0, 0.1) is 12.7 Å². The number of aliphatic hydroxyl groups is 1. The molecule has 0 fully saturated rings. The first-order valence-corrected chi connectivity index (χ1v) is 5.61. The Bertz CT molecular complexity index is 459. The molecule has 19 heavy (non-hydrogen) atoms. The molecular weight excluding hydrogens is 255 g/mol. The van der Waals surface area contributed by atoms with Crippen molar-refractivity contribution in [2.75, 3.05) is 11.9 Å². The number of carboxylic acid groups (broad SMARTS) is 1. The van der Waals surface area contributed by atoms with Crippen LogP contribution in [0.1, 0.15) is 12.0 Å². The van der Waals surface area contributed by atoms with E-state index >= 15 is 0 Å². The van der Waals surface area contributed by atoms with E-state index in [4.69, 9.17) is 10.2 Å². The summed E-state index contributed by atoms with van der Waals surface area (Å²) in [6.07, 6.45) is -1.62. The summed E-state index contributed by atoms with van der Waals surface area (Å²) >= 11 is 0. The molecule has 1 aromatic carbocycles. The number of carbonyl (C=O) groups excluding carboxylic acids is 1. The number of rotatable bonds is 5. The van der Waals surface area contributed by atoms with Gasteiger partial charge in [0.1, 0.15) is 5.82 Å². The lowest BCUT2D eigenvalue weighted by atomic mass is 10.2. The molecule has 0 saturated heterocycles. The predicted molar refractivity (Wildman–Crippen MR) is 66.4 cm³/mol. The van der Waals surface area contributed by atoms with Gasteiger partial charge < -0.3 is 20.8 Å². The first-order valence-electron chi connectivity index (χ1n) is 5.61. The average molecular weight is 270 g/mol. The minimum atomic E-state index is -1.52. The second kappa shape index (κ2) is 6.69. The highest BCUT2D eigenvalue weighted by atomic mass is 19.1. The molecule has 1 rings (SSSR count). The standard InChI is InChI=1S/C12H15FN2O4/c1-7-4-8(13)6-9(5-7)15-12(19)14-3-2-10(16)11(17)18/h4-6,10,16H,2-3H2,1H3,(H,17,18)(H2,14,15,19). The fraction of sp³-hybridized carbons (Fsp3) is 0.333. The minimum Gasteiger partial charge on any atom is -0.479 e. The van der Waals surface area contributed by atoms with E-state index in [1.54, 1.807) is 13.0 Å². The number of benzene rings is 1. The van der Waals surface area contributed by atoms with Gasteiger partial charge in [0.25, 0.3) is 0 Å². The Hall–Kier alpha value is -2.15. The van der Waals surface area contributed by atoms with Crippen molar-refractivity contribution in [2.45, 2.75) is 19.4 Å². The highest BCUT2D eigenvalue weighted by Crippen LogP contribution is 2.12. The van der Waals surface area contributed by atoms with E-state index in [-0.39, 0.29) is 13.0 Å². The monoisotopic (exact) mass is 270 g/mol. The molecule has 0 radical (unpaired) electrons. The van der Waals surface area contributed by atoms with Crippen LogP contribution in [0.4, 0.5) is 14.9 Å². The maximum Gasteiger partial charge on any atom is 0.332 e. The Labute approximate surface area is 109 Å². The SMILES string of the molecule is Cc1cc(F)cc(NC(=O)NCCC(O)C(=O)O)c1. The van der Waals surface area contributed by atoms with Crippen molar-refractivity contribution < 1.29 is 24.2 Å². The van der Waals surface area contributed by atoms with Crippen LogP contribution in [-0.2, 0) is 4.79 Å². The van der Waals surface area contributed by atoms with Gasteiger partial charge in [0.15, 0.2) is 6.10 Å². The topological polar surface area (TPSA) is 98.7 Å².